The summed E-state index contributed by atoms with van der Waals surface area (Å²) in [7, 11) is 0. The molecule has 3 aromatic carbocycles. The number of nitrogens with one attached hydrogen (secondary N) is 2. The normalized spacial score (nSPS) is 12.4. The Morgan fingerprint density at radius 1 is 1.02 bits per heavy atom. The van der Waals surface area contributed by atoms with E-state index in [2.05, 4.69) is 32.0 Å². The third-order valence-corrected chi connectivity index (χ3v) is 7.66. The number of H-pyrrole nitrogens is 1. The second-order valence-electron chi connectivity index (χ2n) is 9.84. The van der Waals surface area contributed by atoms with Crippen LogP contribution in [0.4, 0.5) is 5.69 Å². The smallest absolute Gasteiger partial charge is 0.266 e. The number of aromatic amines is 1. The van der Waals surface area contributed by atoms with Crippen LogP contribution < -0.4 is 10.9 Å². The molecule has 1 atom stereocenters. The molecular weight excluding hydrogens is 564 g/mol. The highest BCUT2D eigenvalue weighted by Crippen LogP contribution is 2.31. The van der Waals surface area contributed by atoms with E-state index in [9.17, 15) is 14.9 Å². The zero-order chi connectivity index (χ0) is 30.4. The van der Waals surface area contributed by atoms with Crippen LogP contribution in [0.2, 0.25) is 5.02 Å². The molecule has 5 aromatic rings. The first-order valence-corrected chi connectivity index (χ1v) is 14.1. The molecule has 0 saturated heterocycles. The van der Waals surface area contributed by atoms with E-state index in [4.69, 9.17) is 11.6 Å². The van der Waals surface area contributed by atoms with E-state index >= 15 is 0 Å². The molecule has 1 amide bonds. The van der Waals surface area contributed by atoms with Gasteiger partial charge in [-0.05, 0) is 78.0 Å². The Morgan fingerprint density at radius 2 is 1.77 bits per heavy atom. The maximum absolute atomic E-state index is 14.6. The maximum atomic E-state index is 14.6. The van der Waals surface area contributed by atoms with E-state index in [-0.39, 0.29) is 12.3 Å². The first-order chi connectivity index (χ1) is 20.9. The molecule has 11 heteroatoms. The first-order valence-electron chi connectivity index (χ1n) is 13.8. The number of hydrogen-bond acceptors (Lipinski definition) is 7. The van der Waals surface area contributed by atoms with Crippen molar-refractivity contribution in [3.05, 3.63) is 118 Å². The van der Waals surface area contributed by atoms with Crippen LogP contribution in [0.3, 0.4) is 0 Å². The van der Waals surface area contributed by atoms with Crippen molar-refractivity contribution in [1.82, 2.24) is 30.1 Å². The fraction of sp³-hybridized carbons (Fsp3) is 0.188. The molecule has 2 aromatic heterocycles. The molecular formula is C32H29ClN8O2. The molecule has 2 heterocycles. The average molecular weight is 593 g/mol. The van der Waals surface area contributed by atoms with Crippen LogP contribution in [0.5, 0.6) is 0 Å². The highest BCUT2D eigenvalue weighted by atomic mass is 35.5. The molecule has 0 aliphatic heterocycles. The maximum Gasteiger partial charge on any atom is 0.266 e. The third-order valence-electron chi connectivity index (χ3n) is 7.42. The van der Waals surface area contributed by atoms with Crippen LogP contribution >= 0.6 is 11.6 Å². The van der Waals surface area contributed by atoms with Crippen molar-refractivity contribution in [2.24, 2.45) is 0 Å². The van der Waals surface area contributed by atoms with Gasteiger partial charge in [-0.25, -0.2) is 0 Å². The van der Waals surface area contributed by atoms with Gasteiger partial charge in [0, 0.05) is 40.5 Å². The predicted octanol–water partition coefficient (Wildman–Crippen LogP) is 5.10. The van der Waals surface area contributed by atoms with Crippen LogP contribution in [-0.2, 0) is 16.9 Å². The number of amides is 1. The Morgan fingerprint density at radius 3 is 2.40 bits per heavy atom. The number of carbonyl (C=O) groups excluding carboxylic acids is 1. The van der Waals surface area contributed by atoms with Crippen LogP contribution in [0.1, 0.15) is 25.0 Å². The fourth-order valence-corrected chi connectivity index (χ4v) is 5.50. The number of tetrazole rings is 1. The van der Waals surface area contributed by atoms with Gasteiger partial charge in [-0.3, -0.25) is 19.1 Å². The number of pyridine rings is 1. The minimum Gasteiger partial charge on any atom is -0.323 e. The summed E-state index contributed by atoms with van der Waals surface area (Å²) in [6, 6.07) is 27.0. The molecule has 0 aliphatic carbocycles. The van der Waals surface area contributed by atoms with Gasteiger partial charge in [0.15, 0.2) is 5.66 Å². The SMILES string of the molecule is CCN(CC)C(Cc1ccccc1)(C(=O)Nc1ccc(-c2nn[nH]n2)cc1)n1ccc(-c2cc(Cl)ccc2C#N)cc1=O. The largest absolute Gasteiger partial charge is 0.323 e. The number of benzene rings is 3. The van der Waals surface area contributed by atoms with Crippen molar-refractivity contribution in [2.75, 3.05) is 18.4 Å². The Balaban J connectivity index is 1.63. The van der Waals surface area contributed by atoms with E-state index < -0.39 is 11.2 Å². The zero-order valence-electron chi connectivity index (χ0n) is 23.7. The second-order valence-corrected chi connectivity index (χ2v) is 10.3. The Bertz CT molecular complexity index is 1810. The zero-order valence-corrected chi connectivity index (χ0v) is 24.4. The lowest BCUT2D eigenvalue weighted by molar-refractivity contribution is -0.135. The Kier molecular flexibility index (Phi) is 8.76. The Labute approximate surface area is 253 Å². The molecule has 10 nitrogen and oxygen atoms in total. The second kappa shape index (κ2) is 12.8. The highest BCUT2D eigenvalue weighted by molar-refractivity contribution is 6.30. The number of rotatable bonds is 10. The molecule has 43 heavy (non-hydrogen) atoms. The van der Waals surface area contributed by atoms with Crippen LogP contribution in [0.25, 0.3) is 22.5 Å². The van der Waals surface area contributed by atoms with Crippen molar-refractivity contribution in [1.29, 1.82) is 5.26 Å². The van der Waals surface area contributed by atoms with E-state index in [0.717, 1.165) is 11.1 Å². The summed E-state index contributed by atoms with van der Waals surface area (Å²) in [6.45, 7) is 4.91. The van der Waals surface area contributed by atoms with Crippen LogP contribution in [0.15, 0.2) is 95.9 Å². The van der Waals surface area contributed by atoms with E-state index in [0.29, 0.717) is 46.3 Å². The van der Waals surface area contributed by atoms with Crippen molar-refractivity contribution in [3.63, 3.8) is 0 Å². The van der Waals surface area contributed by atoms with Gasteiger partial charge < -0.3 is 5.32 Å². The Hall–Kier alpha value is -5.11. The van der Waals surface area contributed by atoms with Gasteiger partial charge in [0.2, 0.25) is 5.82 Å². The lowest BCUT2D eigenvalue weighted by Gasteiger charge is -2.43. The molecule has 0 spiro atoms. The first kappa shape index (κ1) is 29.4. The number of nitriles is 1. The van der Waals surface area contributed by atoms with Gasteiger partial charge in [-0.15, -0.1) is 10.2 Å². The van der Waals surface area contributed by atoms with E-state index in [1.54, 1.807) is 54.7 Å². The van der Waals surface area contributed by atoms with Crippen molar-refractivity contribution in [2.45, 2.75) is 25.9 Å². The number of nitrogens with zero attached hydrogens (tertiary/aromatic N) is 6. The fourth-order valence-electron chi connectivity index (χ4n) is 5.33. The minimum atomic E-state index is -1.43. The summed E-state index contributed by atoms with van der Waals surface area (Å²) in [4.78, 5) is 30.5. The molecule has 2 N–H and O–H groups in total. The highest BCUT2D eigenvalue weighted by Gasteiger charge is 2.45. The van der Waals surface area contributed by atoms with Crippen molar-refractivity contribution >= 4 is 23.2 Å². The number of anilines is 1. The molecule has 1 unspecified atom stereocenters. The number of aromatic nitrogens is 5. The monoisotopic (exact) mass is 592 g/mol. The summed E-state index contributed by atoms with van der Waals surface area (Å²) >= 11 is 6.23. The predicted molar refractivity (Wildman–Crippen MR) is 165 cm³/mol. The standard InChI is InChI=1S/C32H29ClN8O2/c1-3-40(4-2)32(20-22-8-6-5-7-9-22,31(43)35-27-14-11-23(12-15-27)30-36-38-39-37-30)41-17-16-24(18-29(41)42)28-19-26(33)13-10-25(28)21-34/h5-19H,3-4,20H2,1-2H3,(H,35,43)(H,36,37,38,39). The van der Waals surface area contributed by atoms with Crippen LogP contribution in [0, 0.1) is 11.3 Å². The van der Waals surface area contributed by atoms with Crippen molar-refractivity contribution < 1.29 is 4.79 Å². The lowest BCUT2D eigenvalue weighted by atomic mass is 9.94. The molecule has 0 saturated carbocycles. The minimum absolute atomic E-state index is 0.224. The van der Waals surface area contributed by atoms with E-state index in [1.165, 1.54) is 10.6 Å². The van der Waals surface area contributed by atoms with Gasteiger partial charge in [0.05, 0.1) is 11.6 Å². The molecule has 0 fully saturated rings. The summed E-state index contributed by atoms with van der Waals surface area (Å²) in [5.41, 5.74) is 1.80. The van der Waals surface area contributed by atoms with Gasteiger partial charge in [0.25, 0.3) is 11.5 Å². The summed E-state index contributed by atoms with van der Waals surface area (Å²) < 4.78 is 1.48. The van der Waals surface area contributed by atoms with Gasteiger partial charge in [0.1, 0.15) is 0 Å². The molecule has 216 valence electrons. The van der Waals surface area contributed by atoms with Gasteiger partial charge >= 0.3 is 0 Å². The molecule has 5 rings (SSSR count). The van der Waals surface area contributed by atoms with Gasteiger partial charge in [-0.2, -0.15) is 10.5 Å². The summed E-state index contributed by atoms with van der Waals surface area (Å²) in [6.07, 6.45) is 1.85. The third kappa shape index (κ3) is 5.95. The molecule has 0 aliphatic rings. The average Bonchev–Trinajstić information content (AvgIpc) is 3.57. The number of hydrogen-bond donors (Lipinski definition) is 2. The summed E-state index contributed by atoms with van der Waals surface area (Å²) in [5.74, 6) is 0.0630. The quantitative estimate of drug-likeness (QED) is 0.231. The summed E-state index contributed by atoms with van der Waals surface area (Å²) in [5, 5.41) is 27.2. The number of likely N-dealkylation sites (N-methyl/N-ethyl adjacent to an activating group) is 1. The lowest BCUT2D eigenvalue weighted by Crippen LogP contribution is -2.62. The topological polar surface area (TPSA) is 133 Å². The van der Waals surface area contributed by atoms with E-state index in [1.807, 2.05) is 49.1 Å². The van der Waals surface area contributed by atoms with Crippen LogP contribution in [-0.4, -0.2) is 49.1 Å². The number of halogens is 1. The van der Waals surface area contributed by atoms with Crippen molar-refractivity contribution in [3.8, 4) is 28.6 Å². The van der Waals surface area contributed by atoms with Gasteiger partial charge in [-0.1, -0.05) is 55.8 Å². The molecule has 0 radical (unpaired) electrons. The molecule has 0 bridgehead atoms. The number of carbonyl (C=O) groups is 1.